The van der Waals surface area contributed by atoms with Crippen LogP contribution < -0.4 is 5.32 Å². The maximum atomic E-state index is 3.94. The van der Waals surface area contributed by atoms with E-state index in [2.05, 4.69) is 74.7 Å². The molecule has 2 aliphatic rings. The van der Waals surface area contributed by atoms with Crippen LogP contribution in [0.1, 0.15) is 29.5 Å². The first-order valence-electron chi connectivity index (χ1n) is 9.06. The predicted molar refractivity (Wildman–Crippen MR) is 103 cm³/mol. The first-order chi connectivity index (χ1) is 11.8. The Morgan fingerprint density at radius 3 is 2.75 bits per heavy atom. The van der Waals surface area contributed by atoms with E-state index in [1.807, 2.05) is 0 Å². The minimum Gasteiger partial charge on any atom is -0.310 e. The molecule has 0 saturated carbocycles. The average molecular weight is 385 g/mol. The highest BCUT2D eigenvalue weighted by Gasteiger charge is 2.26. The highest BCUT2D eigenvalue weighted by molar-refractivity contribution is 9.10. The first-order valence-corrected chi connectivity index (χ1v) is 9.85. The van der Waals surface area contributed by atoms with E-state index in [0.29, 0.717) is 12.1 Å². The number of benzene rings is 2. The second-order valence-electron chi connectivity index (χ2n) is 7.23. The molecular formula is C21H25BrN2. The van der Waals surface area contributed by atoms with Gasteiger partial charge in [0.05, 0.1) is 0 Å². The van der Waals surface area contributed by atoms with Gasteiger partial charge in [-0.2, -0.15) is 0 Å². The monoisotopic (exact) mass is 384 g/mol. The van der Waals surface area contributed by atoms with E-state index in [4.69, 9.17) is 0 Å². The van der Waals surface area contributed by atoms with E-state index in [1.165, 1.54) is 59.9 Å². The van der Waals surface area contributed by atoms with Crippen LogP contribution in [-0.2, 0) is 19.4 Å². The lowest BCUT2D eigenvalue weighted by molar-refractivity contribution is 0.310. The number of likely N-dealkylation sites (tertiary alicyclic amines) is 1. The van der Waals surface area contributed by atoms with E-state index in [9.17, 15) is 0 Å². The fraction of sp³-hybridized carbons (Fsp3) is 0.429. The Balaban J connectivity index is 1.30. The zero-order chi connectivity index (χ0) is 16.4. The number of nitrogens with one attached hydrogen (secondary N) is 1. The van der Waals surface area contributed by atoms with Crippen molar-refractivity contribution in [2.75, 3.05) is 13.1 Å². The molecule has 3 heteroatoms. The molecule has 0 radical (unpaired) electrons. The summed E-state index contributed by atoms with van der Waals surface area (Å²) in [6.07, 6.45) is 4.92. The van der Waals surface area contributed by atoms with Crippen LogP contribution in [0.25, 0.3) is 0 Å². The fourth-order valence-electron chi connectivity index (χ4n) is 4.15. The van der Waals surface area contributed by atoms with E-state index in [-0.39, 0.29) is 0 Å². The summed E-state index contributed by atoms with van der Waals surface area (Å²) in [5.74, 6) is 0. The van der Waals surface area contributed by atoms with Gasteiger partial charge >= 0.3 is 0 Å². The zero-order valence-electron chi connectivity index (χ0n) is 14.0. The lowest BCUT2D eigenvalue weighted by atomic mass is 9.88. The Labute approximate surface area is 153 Å². The van der Waals surface area contributed by atoms with Crippen molar-refractivity contribution in [2.45, 2.75) is 44.3 Å². The van der Waals surface area contributed by atoms with Gasteiger partial charge in [-0.05, 0) is 54.5 Å². The number of fused-ring (bicyclic) bond motifs is 1. The van der Waals surface area contributed by atoms with Crippen molar-refractivity contribution in [2.24, 2.45) is 0 Å². The van der Waals surface area contributed by atoms with Gasteiger partial charge in [0.15, 0.2) is 0 Å². The zero-order valence-corrected chi connectivity index (χ0v) is 15.6. The van der Waals surface area contributed by atoms with E-state index < -0.39 is 0 Å². The first kappa shape index (κ1) is 16.3. The lowest BCUT2D eigenvalue weighted by Crippen LogP contribution is -2.42. The average Bonchev–Trinajstić information content (AvgIpc) is 3.03. The van der Waals surface area contributed by atoms with Crippen LogP contribution in [0.5, 0.6) is 0 Å². The number of rotatable bonds is 4. The van der Waals surface area contributed by atoms with Crippen molar-refractivity contribution in [3.63, 3.8) is 0 Å². The standard InChI is InChI=1S/C21H25BrN2/c22-19-8-6-18-13-20(9-7-17(18)12-19)23-21-10-11-24(15-21)14-16-4-2-1-3-5-16/h1-6,8,12,20-21,23H,7,9-11,13-15H2. The van der Waals surface area contributed by atoms with Gasteiger partial charge in [-0.25, -0.2) is 0 Å². The number of nitrogens with zero attached hydrogens (tertiary/aromatic N) is 1. The predicted octanol–water partition coefficient (Wildman–Crippen LogP) is 4.17. The van der Waals surface area contributed by atoms with Crippen LogP contribution in [0.3, 0.4) is 0 Å². The van der Waals surface area contributed by atoms with Gasteiger partial charge < -0.3 is 5.32 Å². The normalized spacial score (nSPS) is 24.0. The highest BCUT2D eigenvalue weighted by atomic mass is 79.9. The molecule has 1 aliphatic heterocycles. The van der Waals surface area contributed by atoms with Crippen LogP contribution >= 0.6 is 15.9 Å². The molecular weight excluding hydrogens is 360 g/mol. The van der Waals surface area contributed by atoms with Gasteiger partial charge in [-0.15, -0.1) is 0 Å². The Bertz CT molecular complexity index is 685. The molecule has 1 heterocycles. The van der Waals surface area contributed by atoms with E-state index in [1.54, 1.807) is 0 Å². The molecule has 0 bridgehead atoms. The molecule has 2 aromatic carbocycles. The topological polar surface area (TPSA) is 15.3 Å². The summed E-state index contributed by atoms with van der Waals surface area (Å²) in [7, 11) is 0. The molecule has 2 nitrogen and oxygen atoms in total. The molecule has 4 rings (SSSR count). The van der Waals surface area contributed by atoms with Gasteiger partial charge in [0.1, 0.15) is 0 Å². The summed E-state index contributed by atoms with van der Waals surface area (Å²) >= 11 is 3.59. The third-order valence-corrected chi connectivity index (χ3v) is 5.88. The lowest BCUT2D eigenvalue weighted by Gasteiger charge is -2.28. The van der Waals surface area contributed by atoms with E-state index in [0.717, 1.165) is 6.54 Å². The molecule has 2 atom stereocenters. The summed E-state index contributed by atoms with van der Waals surface area (Å²) in [6.45, 7) is 3.47. The summed E-state index contributed by atoms with van der Waals surface area (Å²) in [5, 5.41) is 3.94. The van der Waals surface area contributed by atoms with Gasteiger partial charge in [-0.3, -0.25) is 4.90 Å². The molecule has 1 fully saturated rings. The van der Waals surface area contributed by atoms with Crippen molar-refractivity contribution in [3.8, 4) is 0 Å². The number of hydrogen-bond donors (Lipinski definition) is 1. The van der Waals surface area contributed by atoms with Gasteiger partial charge in [0, 0.05) is 36.2 Å². The maximum absolute atomic E-state index is 3.94. The Kier molecular flexibility index (Phi) is 5.02. The third kappa shape index (κ3) is 3.90. The van der Waals surface area contributed by atoms with Crippen molar-refractivity contribution in [3.05, 3.63) is 69.7 Å². The molecule has 0 amide bonds. The summed E-state index contributed by atoms with van der Waals surface area (Å²) < 4.78 is 1.21. The quantitative estimate of drug-likeness (QED) is 0.850. The summed E-state index contributed by atoms with van der Waals surface area (Å²) in [4.78, 5) is 2.58. The van der Waals surface area contributed by atoms with Crippen LogP contribution in [0, 0.1) is 0 Å². The molecule has 0 aromatic heterocycles. The fourth-order valence-corrected chi connectivity index (χ4v) is 4.56. The highest BCUT2D eigenvalue weighted by Crippen LogP contribution is 2.25. The SMILES string of the molecule is Brc1ccc2c(c1)CCC(NC1CCN(Cc3ccccc3)C1)C2. The maximum Gasteiger partial charge on any atom is 0.0234 e. The molecule has 126 valence electrons. The smallest absolute Gasteiger partial charge is 0.0234 e. The molecule has 1 saturated heterocycles. The van der Waals surface area contributed by atoms with Crippen LogP contribution in [0.4, 0.5) is 0 Å². The largest absolute Gasteiger partial charge is 0.310 e. The second kappa shape index (κ2) is 7.38. The molecule has 2 aromatic rings. The third-order valence-electron chi connectivity index (χ3n) is 5.39. The Morgan fingerprint density at radius 2 is 1.88 bits per heavy atom. The van der Waals surface area contributed by atoms with Crippen molar-refractivity contribution in [1.29, 1.82) is 0 Å². The number of halogens is 1. The van der Waals surface area contributed by atoms with Crippen LogP contribution in [0.2, 0.25) is 0 Å². The van der Waals surface area contributed by atoms with Gasteiger partial charge in [0.2, 0.25) is 0 Å². The molecule has 1 N–H and O–H groups in total. The minimum absolute atomic E-state index is 0.639. The van der Waals surface area contributed by atoms with Crippen LogP contribution in [-0.4, -0.2) is 30.1 Å². The molecule has 1 aliphatic carbocycles. The number of aryl methyl sites for hydroxylation is 1. The van der Waals surface area contributed by atoms with Gasteiger partial charge in [-0.1, -0.05) is 52.3 Å². The van der Waals surface area contributed by atoms with E-state index >= 15 is 0 Å². The molecule has 2 unspecified atom stereocenters. The van der Waals surface area contributed by atoms with Crippen molar-refractivity contribution >= 4 is 15.9 Å². The van der Waals surface area contributed by atoms with Crippen molar-refractivity contribution < 1.29 is 0 Å². The Hall–Kier alpha value is -1.16. The van der Waals surface area contributed by atoms with Crippen LogP contribution in [0.15, 0.2) is 53.0 Å². The van der Waals surface area contributed by atoms with Crippen molar-refractivity contribution in [1.82, 2.24) is 10.2 Å². The second-order valence-corrected chi connectivity index (χ2v) is 8.14. The summed E-state index contributed by atoms with van der Waals surface area (Å²) in [5.41, 5.74) is 4.48. The van der Waals surface area contributed by atoms with Gasteiger partial charge in [0.25, 0.3) is 0 Å². The number of hydrogen-bond acceptors (Lipinski definition) is 2. The minimum atomic E-state index is 0.639. The Morgan fingerprint density at radius 1 is 1.00 bits per heavy atom. The summed E-state index contributed by atoms with van der Waals surface area (Å²) in [6, 6.07) is 18.9. The molecule has 24 heavy (non-hydrogen) atoms. The molecule has 0 spiro atoms.